The molecule has 0 spiro atoms. The van der Waals surface area contributed by atoms with Crippen molar-refractivity contribution in [1.29, 1.82) is 0 Å². The molecule has 1 aliphatic rings. The Hall–Kier alpha value is -1.68. The molecular formula is C16H19N. The number of likely N-dealkylation sites (tertiary alicyclic amines) is 1. The minimum absolute atomic E-state index is 0.785. The van der Waals surface area contributed by atoms with Crippen LogP contribution in [0.3, 0.4) is 0 Å². The van der Waals surface area contributed by atoms with Gasteiger partial charge in [-0.25, -0.2) is 0 Å². The van der Waals surface area contributed by atoms with Crippen molar-refractivity contribution >= 4 is 5.70 Å². The van der Waals surface area contributed by atoms with Crippen LogP contribution in [0.2, 0.25) is 0 Å². The van der Waals surface area contributed by atoms with E-state index in [0.717, 1.165) is 36.7 Å². The van der Waals surface area contributed by atoms with Crippen molar-refractivity contribution in [2.24, 2.45) is 5.92 Å². The molecule has 1 nitrogen and oxygen atoms in total. The molecule has 2 rings (SSSR count). The van der Waals surface area contributed by atoms with E-state index in [-0.39, 0.29) is 0 Å². The van der Waals surface area contributed by atoms with Gasteiger partial charge in [0.1, 0.15) is 0 Å². The smallest absolute Gasteiger partial charge is 0.0370 e. The first-order chi connectivity index (χ1) is 8.15. The molecule has 0 unspecified atom stereocenters. The predicted octanol–water partition coefficient (Wildman–Crippen LogP) is 3.15. The largest absolute Gasteiger partial charge is 0.371 e. The van der Waals surface area contributed by atoms with Crippen molar-refractivity contribution in [2.45, 2.75) is 20.3 Å². The Kier molecular flexibility index (Phi) is 3.24. The monoisotopic (exact) mass is 225 g/mol. The van der Waals surface area contributed by atoms with E-state index in [0.29, 0.717) is 0 Å². The second-order valence-electron chi connectivity index (χ2n) is 4.83. The Morgan fingerprint density at radius 1 is 1.53 bits per heavy atom. The van der Waals surface area contributed by atoms with Gasteiger partial charge in [0.2, 0.25) is 0 Å². The van der Waals surface area contributed by atoms with E-state index in [2.05, 4.69) is 43.4 Å². The first kappa shape index (κ1) is 11.8. The fraction of sp³-hybridized carbons (Fsp3) is 0.375. The van der Waals surface area contributed by atoms with Gasteiger partial charge in [0, 0.05) is 29.9 Å². The summed E-state index contributed by atoms with van der Waals surface area (Å²) in [5.41, 5.74) is 4.60. The maximum atomic E-state index is 5.46. The molecule has 1 heterocycles. The van der Waals surface area contributed by atoms with Crippen molar-refractivity contribution in [3.63, 3.8) is 0 Å². The molecule has 17 heavy (non-hydrogen) atoms. The van der Waals surface area contributed by atoms with Crippen LogP contribution < -0.4 is 0 Å². The number of benzene rings is 1. The van der Waals surface area contributed by atoms with Crippen LogP contribution in [-0.4, -0.2) is 18.0 Å². The molecule has 88 valence electrons. The Labute approximate surface area is 104 Å². The van der Waals surface area contributed by atoms with E-state index in [4.69, 9.17) is 6.42 Å². The molecule has 0 aliphatic carbocycles. The number of terminal acetylenes is 1. The van der Waals surface area contributed by atoms with Crippen molar-refractivity contribution in [3.8, 4) is 12.3 Å². The average molecular weight is 225 g/mol. The minimum Gasteiger partial charge on any atom is -0.371 e. The number of nitrogens with zero attached hydrogens (tertiary/aromatic N) is 1. The van der Waals surface area contributed by atoms with E-state index in [1.807, 2.05) is 6.07 Å². The summed E-state index contributed by atoms with van der Waals surface area (Å²) in [6, 6.07) is 6.22. The molecule has 1 aliphatic heterocycles. The first-order valence-electron chi connectivity index (χ1n) is 6.19. The van der Waals surface area contributed by atoms with E-state index >= 15 is 0 Å². The SMILES string of the molecule is C#Cc1ccc(CC)c(C(=C)N2CC(C)C2)c1. The van der Waals surface area contributed by atoms with Gasteiger partial charge in [0.25, 0.3) is 0 Å². The van der Waals surface area contributed by atoms with Gasteiger partial charge in [0.05, 0.1) is 0 Å². The van der Waals surface area contributed by atoms with Crippen LogP contribution in [0.25, 0.3) is 5.70 Å². The lowest BCUT2D eigenvalue weighted by Gasteiger charge is -2.41. The van der Waals surface area contributed by atoms with Crippen molar-refractivity contribution in [2.75, 3.05) is 13.1 Å². The Balaban J connectivity index is 2.30. The lowest BCUT2D eigenvalue weighted by Crippen LogP contribution is -2.43. The summed E-state index contributed by atoms with van der Waals surface area (Å²) in [5.74, 6) is 3.48. The fourth-order valence-corrected chi connectivity index (χ4v) is 2.33. The summed E-state index contributed by atoms with van der Waals surface area (Å²) in [5, 5.41) is 0. The molecule has 0 radical (unpaired) electrons. The standard InChI is InChI=1S/C16H19N/c1-5-14-7-8-15(6-2)16(9-14)13(4)17-10-12(3)11-17/h1,7-9,12H,4,6,10-11H2,2-3H3. The molecule has 0 aromatic heterocycles. The predicted molar refractivity (Wildman–Crippen MR) is 73.5 cm³/mol. The van der Waals surface area contributed by atoms with E-state index in [1.54, 1.807) is 0 Å². The minimum atomic E-state index is 0.785. The summed E-state index contributed by atoms with van der Waals surface area (Å²) in [7, 11) is 0. The van der Waals surface area contributed by atoms with Gasteiger partial charge in [-0.1, -0.05) is 32.4 Å². The third kappa shape index (κ3) is 2.22. The van der Waals surface area contributed by atoms with Gasteiger partial charge >= 0.3 is 0 Å². The third-order valence-electron chi connectivity index (χ3n) is 3.41. The molecule has 1 aromatic rings. The zero-order valence-corrected chi connectivity index (χ0v) is 10.7. The molecular weight excluding hydrogens is 206 g/mol. The highest BCUT2D eigenvalue weighted by Gasteiger charge is 2.24. The topological polar surface area (TPSA) is 3.24 Å². The normalized spacial score (nSPS) is 15.2. The molecule has 0 bridgehead atoms. The third-order valence-corrected chi connectivity index (χ3v) is 3.41. The second kappa shape index (κ2) is 4.67. The van der Waals surface area contributed by atoms with Crippen LogP contribution in [0.5, 0.6) is 0 Å². The second-order valence-corrected chi connectivity index (χ2v) is 4.83. The van der Waals surface area contributed by atoms with Crippen LogP contribution in [-0.2, 0) is 6.42 Å². The number of hydrogen-bond acceptors (Lipinski definition) is 1. The number of hydrogen-bond donors (Lipinski definition) is 0. The molecule has 1 heteroatoms. The quantitative estimate of drug-likeness (QED) is 0.714. The van der Waals surface area contributed by atoms with Gasteiger partial charge in [-0.2, -0.15) is 0 Å². The van der Waals surface area contributed by atoms with E-state index in [9.17, 15) is 0 Å². The maximum absolute atomic E-state index is 5.46. The summed E-state index contributed by atoms with van der Waals surface area (Å²) in [6.07, 6.45) is 6.48. The highest BCUT2D eigenvalue weighted by Crippen LogP contribution is 2.29. The van der Waals surface area contributed by atoms with Crippen LogP contribution in [0, 0.1) is 18.3 Å². The van der Waals surface area contributed by atoms with Gasteiger partial charge in [0.15, 0.2) is 0 Å². The lowest BCUT2D eigenvalue weighted by molar-refractivity contribution is 0.191. The Bertz CT molecular complexity index is 473. The molecule has 1 saturated heterocycles. The van der Waals surface area contributed by atoms with Crippen LogP contribution in [0.15, 0.2) is 24.8 Å². The van der Waals surface area contributed by atoms with Gasteiger partial charge < -0.3 is 4.90 Å². The first-order valence-corrected chi connectivity index (χ1v) is 6.19. The van der Waals surface area contributed by atoms with E-state index < -0.39 is 0 Å². The molecule has 0 atom stereocenters. The van der Waals surface area contributed by atoms with Crippen LogP contribution >= 0.6 is 0 Å². The molecule has 0 amide bonds. The summed E-state index contributed by atoms with van der Waals surface area (Å²) >= 11 is 0. The van der Waals surface area contributed by atoms with Crippen molar-refractivity contribution in [1.82, 2.24) is 4.90 Å². The van der Waals surface area contributed by atoms with Gasteiger partial charge in [-0.05, 0) is 30.0 Å². The Morgan fingerprint density at radius 2 is 2.24 bits per heavy atom. The maximum Gasteiger partial charge on any atom is 0.0370 e. The average Bonchev–Trinajstić information content (AvgIpc) is 2.33. The molecule has 0 saturated carbocycles. The summed E-state index contributed by atoms with van der Waals surface area (Å²) < 4.78 is 0. The van der Waals surface area contributed by atoms with Gasteiger partial charge in [-0.15, -0.1) is 6.42 Å². The number of rotatable bonds is 3. The summed E-state index contributed by atoms with van der Waals surface area (Å²) in [4.78, 5) is 2.33. The van der Waals surface area contributed by atoms with Gasteiger partial charge in [-0.3, -0.25) is 0 Å². The molecule has 1 fully saturated rings. The van der Waals surface area contributed by atoms with Crippen LogP contribution in [0.1, 0.15) is 30.5 Å². The zero-order chi connectivity index (χ0) is 12.4. The highest BCUT2D eigenvalue weighted by atomic mass is 15.2. The van der Waals surface area contributed by atoms with Crippen LogP contribution in [0.4, 0.5) is 0 Å². The van der Waals surface area contributed by atoms with Crippen molar-refractivity contribution < 1.29 is 0 Å². The summed E-state index contributed by atoms with van der Waals surface area (Å²) in [6.45, 7) is 10.9. The fourth-order valence-electron chi connectivity index (χ4n) is 2.33. The highest BCUT2D eigenvalue weighted by molar-refractivity contribution is 5.67. The Morgan fingerprint density at radius 3 is 2.76 bits per heavy atom. The van der Waals surface area contributed by atoms with E-state index in [1.165, 1.54) is 11.1 Å². The number of aryl methyl sites for hydroxylation is 1. The molecule has 0 N–H and O–H groups in total. The van der Waals surface area contributed by atoms with Crippen molar-refractivity contribution in [3.05, 3.63) is 41.5 Å². The lowest BCUT2D eigenvalue weighted by atomic mass is 9.95. The zero-order valence-electron chi connectivity index (χ0n) is 10.7. The molecule has 1 aromatic carbocycles.